The molecule has 1 aromatic rings. The molecule has 0 saturated heterocycles. The van der Waals surface area contributed by atoms with Gasteiger partial charge in [-0.3, -0.25) is 14.4 Å². The molecule has 2 rings (SSSR count). The van der Waals surface area contributed by atoms with Crippen molar-refractivity contribution in [2.75, 3.05) is 10.6 Å². The van der Waals surface area contributed by atoms with Crippen LogP contribution in [0.15, 0.2) is 18.2 Å². The molecule has 0 atom stereocenters. The predicted octanol–water partition coefficient (Wildman–Crippen LogP) is 1.37. The predicted molar refractivity (Wildman–Crippen MR) is 68.9 cm³/mol. The highest BCUT2D eigenvalue weighted by Gasteiger charge is 2.18. The van der Waals surface area contributed by atoms with Crippen LogP contribution in [0.1, 0.15) is 24.8 Å². The second kappa shape index (κ2) is 5.51. The maximum atomic E-state index is 11.4. The molecule has 100 valence electrons. The molecule has 1 aromatic carbocycles. The Hall–Kier alpha value is -2.37. The van der Waals surface area contributed by atoms with Crippen LogP contribution in [0.2, 0.25) is 0 Å². The number of aryl methyl sites for hydroxylation is 1. The van der Waals surface area contributed by atoms with Crippen molar-refractivity contribution in [2.24, 2.45) is 0 Å². The molecule has 6 heteroatoms. The lowest BCUT2D eigenvalue weighted by molar-refractivity contribution is -0.137. The fourth-order valence-electron chi connectivity index (χ4n) is 1.94. The van der Waals surface area contributed by atoms with E-state index >= 15 is 0 Å². The monoisotopic (exact) mass is 262 g/mol. The van der Waals surface area contributed by atoms with Gasteiger partial charge in [0.25, 0.3) is 0 Å². The minimum absolute atomic E-state index is 0.111. The van der Waals surface area contributed by atoms with E-state index in [0.717, 1.165) is 5.56 Å². The summed E-state index contributed by atoms with van der Waals surface area (Å²) < 4.78 is 0. The van der Waals surface area contributed by atoms with Gasteiger partial charge in [-0.05, 0) is 30.5 Å². The number of anilines is 2. The number of amides is 2. The van der Waals surface area contributed by atoms with Crippen LogP contribution in [0, 0.1) is 0 Å². The van der Waals surface area contributed by atoms with Gasteiger partial charge in [-0.25, -0.2) is 0 Å². The highest BCUT2D eigenvalue weighted by Crippen LogP contribution is 2.26. The molecule has 0 spiro atoms. The average Bonchev–Trinajstić information content (AvgIpc) is 2.44. The van der Waals surface area contributed by atoms with E-state index in [1.807, 2.05) is 6.07 Å². The molecule has 1 heterocycles. The van der Waals surface area contributed by atoms with Crippen LogP contribution in [0.4, 0.5) is 11.4 Å². The molecule has 0 aliphatic carbocycles. The second-order valence-corrected chi connectivity index (χ2v) is 4.40. The zero-order chi connectivity index (χ0) is 13.8. The average molecular weight is 262 g/mol. The van der Waals surface area contributed by atoms with Gasteiger partial charge < -0.3 is 15.7 Å². The molecule has 19 heavy (non-hydrogen) atoms. The number of benzene rings is 1. The van der Waals surface area contributed by atoms with Crippen molar-refractivity contribution >= 4 is 29.2 Å². The van der Waals surface area contributed by atoms with Crippen LogP contribution in [0.5, 0.6) is 0 Å². The van der Waals surface area contributed by atoms with Crippen LogP contribution in [-0.2, 0) is 20.8 Å². The Morgan fingerprint density at radius 3 is 2.53 bits per heavy atom. The van der Waals surface area contributed by atoms with Gasteiger partial charge in [0.1, 0.15) is 6.42 Å². The molecule has 3 N–H and O–H groups in total. The largest absolute Gasteiger partial charge is 0.481 e. The molecule has 2 amide bonds. The first-order valence-electron chi connectivity index (χ1n) is 5.99. The van der Waals surface area contributed by atoms with Crippen LogP contribution in [0.3, 0.4) is 0 Å². The van der Waals surface area contributed by atoms with E-state index in [9.17, 15) is 14.4 Å². The van der Waals surface area contributed by atoms with Crippen molar-refractivity contribution in [3.05, 3.63) is 23.8 Å². The van der Waals surface area contributed by atoms with Gasteiger partial charge in [-0.15, -0.1) is 0 Å². The minimum Gasteiger partial charge on any atom is -0.481 e. The molecule has 0 fully saturated rings. The lowest BCUT2D eigenvalue weighted by Crippen LogP contribution is -2.16. The van der Waals surface area contributed by atoms with Gasteiger partial charge in [0.15, 0.2) is 0 Å². The Bertz CT molecular complexity index is 539. The van der Waals surface area contributed by atoms with Crippen molar-refractivity contribution < 1.29 is 19.5 Å². The van der Waals surface area contributed by atoms with Crippen LogP contribution < -0.4 is 10.6 Å². The van der Waals surface area contributed by atoms with E-state index in [4.69, 9.17) is 5.11 Å². The zero-order valence-electron chi connectivity index (χ0n) is 10.2. The molecule has 1 aliphatic heterocycles. The molecule has 0 bridgehead atoms. The Morgan fingerprint density at radius 2 is 1.84 bits per heavy atom. The SMILES string of the molecule is O=C(O)CCCc1ccc2c(c1)NC(=O)CC(=O)N2. The Balaban J connectivity index is 2.11. The number of carboxylic acids is 1. The van der Waals surface area contributed by atoms with Crippen molar-refractivity contribution in [2.45, 2.75) is 25.7 Å². The first-order valence-corrected chi connectivity index (χ1v) is 5.99. The number of nitrogens with one attached hydrogen (secondary N) is 2. The lowest BCUT2D eigenvalue weighted by Gasteiger charge is -2.09. The van der Waals surface area contributed by atoms with Crippen LogP contribution in [-0.4, -0.2) is 22.9 Å². The molecular weight excluding hydrogens is 248 g/mol. The Morgan fingerprint density at radius 1 is 1.16 bits per heavy atom. The number of carbonyl (C=O) groups excluding carboxylic acids is 2. The summed E-state index contributed by atoms with van der Waals surface area (Å²) in [7, 11) is 0. The first-order chi connectivity index (χ1) is 9.04. The number of hydrogen-bond acceptors (Lipinski definition) is 3. The summed E-state index contributed by atoms with van der Waals surface area (Å²) in [6.45, 7) is 0. The highest BCUT2D eigenvalue weighted by molar-refractivity contribution is 6.13. The summed E-state index contributed by atoms with van der Waals surface area (Å²) in [5, 5.41) is 13.9. The van der Waals surface area contributed by atoms with Gasteiger partial charge in [0.05, 0.1) is 11.4 Å². The number of hydrogen-bond donors (Lipinski definition) is 3. The smallest absolute Gasteiger partial charge is 0.303 e. The number of rotatable bonds is 4. The van der Waals surface area contributed by atoms with E-state index in [2.05, 4.69) is 10.6 Å². The molecular formula is C13H14N2O4. The van der Waals surface area contributed by atoms with Crippen molar-refractivity contribution in [1.29, 1.82) is 0 Å². The molecule has 0 aromatic heterocycles. The van der Waals surface area contributed by atoms with E-state index in [1.54, 1.807) is 12.1 Å². The van der Waals surface area contributed by atoms with Crippen LogP contribution in [0.25, 0.3) is 0 Å². The zero-order valence-corrected chi connectivity index (χ0v) is 10.2. The number of aliphatic carboxylic acids is 1. The molecule has 0 unspecified atom stereocenters. The summed E-state index contributed by atoms with van der Waals surface area (Å²) in [6, 6.07) is 5.30. The van der Waals surface area contributed by atoms with E-state index in [0.29, 0.717) is 24.2 Å². The third-order valence-electron chi connectivity index (χ3n) is 2.81. The van der Waals surface area contributed by atoms with Gasteiger partial charge in [0, 0.05) is 6.42 Å². The Kier molecular flexibility index (Phi) is 3.79. The van der Waals surface area contributed by atoms with Crippen molar-refractivity contribution in [1.82, 2.24) is 0 Å². The molecule has 6 nitrogen and oxygen atoms in total. The van der Waals surface area contributed by atoms with Gasteiger partial charge >= 0.3 is 5.97 Å². The van der Waals surface area contributed by atoms with Crippen molar-refractivity contribution in [3.63, 3.8) is 0 Å². The molecule has 0 radical (unpaired) electrons. The van der Waals surface area contributed by atoms with Gasteiger partial charge in [0.2, 0.25) is 11.8 Å². The summed E-state index contributed by atoms with van der Waals surface area (Å²) >= 11 is 0. The number of carbonyl (C=O) groups is 3. The quantitative estimate of drug-likeness (QED) is 0.714. The third kappa shape index (κ3) is 3.54. The van der Waals surface area contributed by atoms with Gasteiger partial charge in [-0.1, -0.05) is 6.07 Å². The second-order valence-electron chi connectivity index (χ2n) is 4.40. The minimum atomic E-state index is -0.824. The first kappa shape index (κ1) is 13.1. The topological polar surface area (TPSA) is 95.5 Å². The maximum absolute atomic E-state index is 11.4. The normalized spacial score (nSPS) is 14.1. The van der Waals surface area contributed by atoms with Crippen LogP contribution >= 0.6 is 0 Å². The fourth-order valence-corrected chi connectivity index (χ4v) is 1.94. The molecule has 0 saturated carbocycles. The summed E-state index contributed by atoms with van der Waals surface area (Å²) in [6.07, 6.45) is 1.07. The number of carboxylic acid groups (broad SMARTS) is 1. The van der Waals surface area contributed by atoms with E-state index < -0.39 is 5.97 Å². The molecule has 1 aliphatic rings. The Labute approximate surface area is 109 Å². The fraction of sp³-hybridized carbons (Fsp3) is 0.308. The van der Waals surface area contributed by atoms with E-state index in [-0.39, 0.29) is 24.7 Å². The third-order valence-corrected chi connectivity index (χ3v) is 2.81. The number of fused-ring (bicyclic) bond motifs is 1. The lowest BCUT2D eigenvalue weighted by atomic mass is 10.1. The maximum Gasteiger partial charge on any atom is 0.303 e. The van der Waals surface area contributed by atoms with E-state index in [1.165, 1.54) is 0 Å². The summed E-state index contributed by atoms with van der Waals surface area (Å²) in [4.78, 5) is 33.2. The van der Waals surface area contributed by atoms with Gasteiger partial charge in [-0.2, -0.15) is 0 Å². The highest BCUT2D eigenvalue weighted by atomic mass is 16.4. The standard InChI is InChI=1S/C13H14N2O4/c16-11-7-12(17)15-10-6-8(2-1-3-13(18)19)4-5-9(10)14-11/h4-6H,1-3,7H2,(H,14,16)(H,15,17)(H,18,19). The summed E-state index contributed by atoms with van der Waals surface area (Å²) in [5.41, 5.74) is 2.05. The van der Waals surface area contributed by atoms with Crippen molar-refractivity contribution in [3.8, 4) is 0 Å². The summed E-state index contributed by atoms with van der Waals surface area (Å²) in [5.74, 6) is -1.51.